The SMILES string of the molecule is CCCCCCCCCCCCN1CC(N)(C2CC2)C1. The molecule has 2 aliphatic rings. The van der Waals surface area contributed by atoms with Crippen LogP contribution in [0, 0.1) is 5.92 Å². The normalized spacial score (nSPS) is 21.9. The molecule has 0 aromatic heterocycles. The van der Waals surface area contributed by atoms with Crippen molar-refractivity contribution >= 4 is 0 Å². The summed E-state index contributed by atoms with van der Waals surface area (Å²) in [6, 6.07) is 0. The van der Waals surface area contributed by atoms with E-state index in [2.05, 4.69) is 11.8 Å². The van der Waals surface area contributed by atoms with Crippen molar-refractivity contribution in [2.75, 3.05) is 19.6 Å². The zero-order chi connectivity index (χ0) is 14.3. The molecule has 0 aromatic rings. The molecule has 0 aromatic carbocycles. The molecule has 2 heteroatoms. The van der Waals surface area contributed by atoms with E-state index >= 15 is 0 Å². The van der Waals surface area contributed by atoms with Crippen LogP contribution in [-0.2, 0) is 0 Å². The second-order valence-electron chi connectivity index (χ2n) is 7.40. The standard InChI is InChI=1S/C18H36N2/c1-2-3-4-5-6-7-8-9-10-11-14-20-15-18(19,16-20)17-12-13-17/h17H,2-16,19H2,1H3. The molecule has 20 heavy (non-hydrogen) atoms. The van der Waals surface area contributed by atoms with Gasteiger partial charge in [-0.05, 0) is 31.7 Å². The van der Waals surface area contributed by atoms with Crippen molar-refractivity contribution in [3.63, 3.8) is 0 Å². The first-order chi connectivity index (χ1) is 9.74. The van der Waals surface area contributed by atoms with E-state index in [-0.39, 0.29) is 5.54 Å². The van der Waals surface area contributed by atoms with Crippen LogP contribution in [0.2, 0.25) is 0 Å². The van der Waals surface area contributed by atoms with E-state index < -0.39 is 0 Å². The third kappa shape index (κ3) is 5.37. The van der Waals surface area contributed by atoms with Gasteiger partial charge in [0, 0.05) is 18.6 Å². The van der Waals surface area contributed by atoms with E-state index in [0.717, 1.165) is 5.92 Å². The van der Waals surface area contributed by atoms with Gasteiger partial charge in [0.25, 0.3) is 0 Å². The highest BCUT2D eigenvalue weighted by Crippen LogP contribution is 2.42. The lowest BCUT2D eigenvalue weighted by atomic mass is 9.85. The molecule has 2 N–H and O–H groups in total. The van der Waals surface area contributed by atoms with Crippen molar-refractivity contribution in [3.8, 4) is 0 Å². The summed E-state index contributed by atoms with van der Waals surface area (Å²) in [7, 11) is 0. The molecule has 0 unspecified atom stereocenters. The molecular weight excluding hydrogens is 244 g/mol. The Hall–Kier alpha value is -0.0800. The Morgan fingerprint density at radius 2 is 1.35 bits per heavy atom. The third-order valence-electron chi connectivity index (χ3n) is 5.25. The predicted octanol–water partition coefficient (Wildman–Crippen LogP) is 4.33. The number of unbranched alkanes of at least 4 members (excludes halogenated alkanes) is 9. The summed E-state index contributed by atoms with van der Waals surface area (Å²) >= 11 is 0. The van der Waals surface area contributed by atoms with Gasteiger partial charge in [0.1, 0.15) is 0 Å². The van der Waals surface area contributed by atoms with Gasteiger partial charge in [-0.3, -0.25) is 4.90 Å². The zero-order valence-electron chi connectivity index (χ0n) is 13.7. The number of nitrogens with two attached hydrogens (primary N) is 1. The number of hydrogen-bond donors (Lipinski definition) is 1. The molecule has 1 heterocycles. The number of hydrogen-bond acceptors (Lipinski definition) is 2. The highest BCUT2D eigenvalue weighted by atomic mass is 15.3. The fraction of sp³-hybridized carbons (Fsp3) is 1.00. The lowest BCUT2D eigenvalue weighted by molar-refractivity contribution is 0.0533. The van der Waals surface area contributed by atoms with Gasteiger partial charge in [-0.1, -0.05) is 64.7 Å². The Morgan fingerprint density at radius 3 is 1.85 bits per heavy atom. The van der Waals surface area contributed by atoms with Gasteiger partial charge < -0.3 is 5.73 Å². The summed E-state index contributed by atoms with van der Waals surface area (Å²) in [5.41, 5.74) is 6.60. The monoisotopic (exact) mass is 280 g/mol. The molecule has 1 saturated heterocycles. The van der Waals surface area contributed by atoms with Crippen LogP contribution in [0.15, 0.2) is 0 Å². The van der Waals surface area contributed by atoms with Gasteiger partial charge in [0.2, 0.25) is 0 Å². The Bertz CT molecular complexity index is 254. The average Bonchev–Trinajstić information content (AvgIpc) is 3.23. The Morgan fingerprint density at radius 1 is 0.850 bits per heavy atom. The topological polar surface area (TPSA) is 29.3 Å². The van der Waals surface area contributed by atoms with Crippen molar-refractivity contribution in [1.82, 2.24) is 4.90 Å². The highest BCUT2D eigenvalue weighted by Gasteiger charge is 2.49. The van der Waals surface area contributed by atoms with Crippen LogP contribution in [0.25, 0.3) is 0 Å². The molecule has 0 spiro atoms. The minimum Gasteiger partial charge on any atom is -0.323 e. The number of likely N-dealkylation sites (tertiary alicyclic amines) is 1. The molecule has 0 atom stereocenters. The van der Waals surface area contributed by atoms with E-state index in [0.29, 0.717) is 0 Å². The first-order valence-electron chi connectivity index (χ1n) is 9.26. The van der Waals surface area contributed by atoms with E-state index in [4.69, 9.17) is 5.73 Å². The summed E-state index contributed by atoms with van der Waals surface area (Å²) < 4.78 is 0. The fourth-order valence-corrected chi connectivity index (χ4v) is 3.68. The molecule has 1 saturated carbocycles. The van der Waals surface area contributed by atoms with E-state index in [1.807, 2.05) is 0 Å². The maximum absolute atomic E-state index is 6.38. The summed E-state index contributed by atoms with van der Waals surface area (Å²) in [6.07, 6.45) is 17.1. The van der Waals surface area contributed by atoms with Crippen molar-refractivity contribution in [2.24, 2.45) is 11.7 Å². The second kappa shape index (κ2) is 8.38. The van der Waals surface area contributed by atoms with Gasteiger partial charge in [-0.2, -0.15) is 0 Å². The Balaban J connectivity index is 1.31. The molecule has 2 fully saturated rings. The van der Waals surface area contributed by atoms with Gasteiger partial charge >= 0.3 is 0 Å². The molecule has 2 rings (SSSR count). The first-order valence-corrected chi connectivity index (χ1v) is 9.26. The number of nitrogens with zero attached hydrogens (tertiary/aromatic N) is 1. The minimum atomic E-state index is 0.221. The van der Waals surface area contributed by atoms with Gasteiger partial charge in [0.05, 0.1) is 0 Å². The summed E-state index contributed by atoms with van der Waals surface area (Å²) in [5, 5.41) is 0. The molecule has 0 radical (unpaired) electrons. The zero-order valence-corrected chi connectivity index (χ0v) is 13.7. The summed E-state index contributed by atoms with van der Waals surface area (Å²) in [6.45, 7) is 5.93. The summed E-state index contributed by atoms with van der Waals surface area (Å²) in [5.74, 6) is 0.867. The van der Waals surface area contributed by atoms with E-state index in [1.165, 1.54) is 96.7 Å². The Labute approximate surface area is 126 Å². The molecule has 118 valence electrons. The largest absolute Gasteiger partial charge is 0.323 e. The lowest BCUT2D eigenvalue weighted by Gasteiger charge is -2.48. The van der Waals surface area contributed by atoms with Gasteiger partial charge in [0.15, 0.2) is 0 Å². The van der Waals surface area contributed by atoms with Gasteiger partial charge in [-0.25, -0.2) is 0 Å². The van der Waals surface area contributed by atoms with Crippen LogP contribution in [-0.4, -0.2) is 30.1 Å². The molecule has 0 bridgehead atoms. The van der Waals surface area contributed by atoms with Gasteiger partial charge in [-0.15, -0.1) is 0 Å². The molecule has 1 aliphatic heterocycles. The van der Waals surface area contributed by atoms with Crippen LogP contribution in [0.3, 0.4) is 0 Å². The minimum absolute atomic E-state index is 0.221. The average molecular weight is 280 g/mol. The van der Waals surface area contributed by atoms with Crippen molar-refractivity contribution < 1.29 is 0 Å². The van der Waals surface area contributed by atoms with Crippen LogP contribution in [0.1, 0.15) is 84.0 Å². The predicted molar refractivity (Wildman–Crippen MR) is 87.9 cm³/mol. The lowest BCUT2D eigenvalue weighted by Crippen LogP contribution is -2.68. The molecular formula is C18H36N2. The summed E-state index contributed by atoms with van der Waals surface area (Å²) in [4.78, 5) is 2.57. The van der Waals surface area contributed by atoms with Crippen LogP contribution in [0.5, 0.6) is 0 Å². The van der Waals surface area contributed by atoms with Crippen molar-refractivity contribution in [2.45, 2.75) is 89.5 Å². The Kier molecular flexibility index (Phi) is 6.83. The van der Waals surface area contributed by atoms with Crippen molar-refractivity contribution in [1.29, 1.82) is 0 Å². The van der Waals surface area contributed by atoms with Crippen LogP contribution >= 0.6 is 0 Å². The fourth-order valence-electron chi connectivity index (χ4n) is 3.68. The highest BCUT2D eigenvalue weighted by molar-refractivity contribution is 5.08. The van der Waals surface area contributed by atoms with E-state index in [1.54, 1.807) is 0 Å². The second-order valence-corrected chi connectivity index (χ2v) is 7.40. The number of rotatable bonds is 12. The van der Waals surface area contributed by atoms with Crippen LogP contribution < -0.4 is 5.73 Å². The maximum Gasteiger partial charge on any atom is 0.0440 e. The molecule has 0 amide bonds. The smallest absolute Gasteiger partial charge is 0.0440 e. The first kappa shape index (κ1) is 16.3. The molecule has 2 nitrogen and oxygen atoms in total. The van der Waals surface area contributed by atoms with Crippen LogP contribution in [0.4, 0.5) is 0 Å². The quantitative estimate of drug-likeness (QED) is 0.539. The van der Waals surface area contributed by atoms with Crippen molar-refractivity contribution in [3.05, 3.63) is 0 Å². The van der Waals surface area contributed by atoms with E-state index in [9.17, 15) is 0 Å². The molecule has 1 aliphatic carbocycles. The third-order valence-corrected chi connectivity index (χ3v) is 5.25. The maximum atomic E-state index is 6.38.